The lowest BCUT2D eigenvalue weighted by Crippen LogP contribution is -2.33. The molecule has 0 saturated carbocycles. The van der Waals surface area contributed by atoms with E-state index in [4.69, 9.17) is 4.74 Å². The molecule has 1 fully saturated rings. The summed E-state index contributed by atoms with van der Waals surface area (Å²) in [5.41, 5.74) is 3.29. The number of aliphatic hydroxyl groups is 3. The van der Waals surface area contributed by atoms with E-state index in [1.54, 1.807) is 4.57 Å². The van der Waals surface area contributed by atoms with E-state index in [2.05, 4.69) is 26.3 Å². The van der Waals surface area contributed by atoms with Gasteiger partial charge in [0.05, 0.1) is 12.9 Å². The SMILES string of the molecule is Cc1cccc(CNc2ncnc3c2ncn3[C@@H]2O[C@H](CO)[C@@H](O)[C@@H]2O)c1. The number of hydrogen-bond donors (Lipinski definition) is 4. The number of aliphatic hydroxyl groups excluding tert-OH is 3. The molecule has 0 unspecified atom stereocenters. The average molecular weight is 371 g/mol. The van der Waals surface area contributed by atoms with Gasteiger partial charge in [-0.3, -0.25) is 4.57 Å². The first-order valence-corrected chi connectivity index (χ1v) is 8.68. The molecule has 3 aromatic rings. The van der Waals surface area contributed by atoms with Gasteiger partial charge in [0.1, 0.15) is 24.6 Å². The summed E-state index contributed by atoms with van der Waals surface area (Å²) in [4.78, 5) is 12.8. The van der Waals surface area contributed by atoms with Crippen molar-refractivity contribution in [1.82, 2.24) is 19.5 Å². The minimum Gasteiger partial charge on any atom is -0.394 e. The Morgan fingerprint density at radius 2 is 2.04 bits per heavy atom. The fourth-order valence-corrected chi connectivity index (χ4v) is 3.29. The highest BCUT2D eigenvalue weighted by Gasteiger charge is 2.44. The third-order valence-corrected chi connectivity index (χ3v) is 4.69. The van der Waals surface area contributed by atoms with Crippen LogP contribution in [0, 0.1) is 6.92 Å². The molecule has 4 rings (SSSR count). The van der Waals surface area contributed by atoms with Gasteiger partial charge in [-0.1, -0.05) is 29.8 Å². The predicted molar refractivity (Wildman–Crippen MR) is 96.8 cm³/mol. The van der Waals surface area contributed by atoms with Gasteiger partial charge in [-0.05, 0) is 12.5 Å². The minimum atomic E-state index is -1.20. The van der Waals surface area contributed by atoms with Gasteiger partial charge in [0, 0.05) is 6.54 Å². The minimum absolute atomic E-state index is 0.389. The molecule has 0 aliphatic carbocycles. The molecule has 9 heteroatoms. The Labute approximate surface area is 155 Å². The maximum absolute atomic E-state index is 10.2. The Bertz CT molecular complexity index is 946. The summed E-state index contributed by atoms with van der Waals surface area (Å²) in [6, 6.07) is 8.15. The van der Waals surface area contributed by atoms with Crippen LogP contribution in [-0.4, -0.2) is 59.8 Å². The van der Waals surface area contributed by atoms with E-state index in [-0.39, 0.29) is 6.61 Å². The molecule has 9 nitrogen and oxygen atoms in total. The monoisotopic (exact) mass is 371 g/mol. The van der Waals surface area contributed by atoms with Gasteiger partial charge in [0.15, 0.2) is 23.2 Å². The zero-order valence-corrected chi connectivity index (χ0v) is 14.7. The molecule has 0 radical (unpaired) electrons. The smallest absolute Gasteiger partial charge is 0.167 e. The Morgan fingerprint density at radius 3 is 2.78 bits per heavy atom. The number of hydrogen-bond acceptors (Lipinski definition) is 8. The summed E-state index contributed by atoms with van der Waals surface area (Å²) in [5.74, 6) is 0.562. The van der Waals surface area contributed by atoms with Crippen molar-refractivity contribution in [1.29, 1.82) is 0 Å². The zero-order chi connectivity index (χ0) is 19.0. The first-order chi connectivity index (χ1) is 13.1. The normalized spacial score (nSPS) is 25.2. The second-order valence-electron chi connectivity index (χ2n) is 6.62. The highest BCUT2D eigenvalue weighted by atomic mass is 16.6. The van der Waals surface area contributed by atoms with Crippen molar-refractivity contribution in [3.63, 3.8) is 0 Å². The summed E-state index contributed by atoms with van der Waals surface area (Å²) in [6.45, 7) is 2.23. The standard InChI is InChI=1S/C18H21N5O4/c1-10-3-2-4-11(5-10)6-19-16-13-17(21-8-20-16)23(9-22-13)18-15(26)14(25)12(7-24)27-18/h2-5,8-9,12,14-15,18,24-26H,6-7H2,1H3,(H,19,20,21)/t12-,14-,15+,18-/m1/s1. The molecule has 0 bridgehead atoms. The molecule has 142 valence electrons. The van der Waals surface area contributed by atoms with Crippen LogP contribution in [0.15, 0.2) is 36.9 Å². The molecule has 0 amide bonds. The number of imidazole rings is 1. The summed E-state index contributed by atoms with van der Waals surface area (Å²) < 4.78 is 7.10. The van der Waals surface area contributed by atoms with E-state index in [9.17, 15) is 15.3 Å². The van der Waals surface area contributed by atoms with Crippen molar-refractivity contribution in [2.45, 2.75) is 38.0 Å². The number of rotatable bonds is 5. The van der Waals surface area contributed by atoms with Crippen LogP contribution in [0.2, 0.25) is 0 Å². The van der Waals surface area contributed by atoms with Gasteiger partial charge in [-0.15, -0.1) is 0 Å². The number of aryl methyl sites for hydroxylation is 1. The predicted octanol–water partition coefficient (Wildman–Crippen LogP) is 0.358. The third kappa shape index (κ3) is 3.26. The van der Waals surface area contributed by atoms with Crippen LogP contribution >= 0.6 is 0 Å². The van der Waals surface area contributed by atoms with Crippen LogP contribution in [-0.2, 0) is 11.3 Å². The molecule has 0 spiro atoms. The van der Waals surface area contributed by atoms with E-state index in [0.29, 0.717) is 23.5 Å². The van der Waals surface area contributed by atoms with Gasteiger partial charge in [-0.2, -0.15) is 0 Å². The number of benzene rings is 1. The molecule has 4 atom stereocenters. The number of fused-ring (bicyclic) bond motifs is 1. The molecule has 4 N–H and O–H groups in total. The third-order valence-electron chi connectivity index (χ3n) is 4.69. The van der Waals surface area contributed by atoms with Crippen molar-refractivity contribution in [2.24, 2.45) is 0 Å². The van der Waals surface area contributed by atoms with Crippen molar-refractivity contribution < 1.29 is 20.1 Å². The number of nitrogens with one attached hydrogen (secondary N) is 1. The van der Waals surface area contributed by atoms with E-state index < -0.39 is 24.5 Å². The number of anilines is 1. The molecule has 3 heterocycles. The Morgan fingerprint density at radius 1 is 1.19 bits per heavy atom. The lowest BCUT2D eigenvalue weighted by atomic mass is 10.1. The largest absolute Gasteiger partial charge is 0.394 e. The average Bonchev–Trinajstić information content (AvgIpc) is 3.22. The second-order valence-corrected chi connectivity index (χ2v) is 6.62. The van der Waals surface area contributed by atoms with Crippen molar-refractivity contribution in [2.75, 3.05) is 11.9 Å². The molecular formula is C18H21N5O4. The lowest BCUT2D eigenvalue weighted by Gasteiger charge is -2.16. The van der Waals surface area contributed by atoms with Crippen LogP contribution in [0.5, 0.6) is 0 Å². The van der Waals surface area contributed by atoms with Crippen LogP contribution in [0.3, 0.4) is 0 Å². The highest BCUT2D eigenvalue weighted by Crippen LogP contribution is 2.32. The maximum atomic E-state index is 10.2. The fraction of sp³-hybridized carbons (Fsp3) is 0.389. The van der Waals surface area contributed by atoms with E-state index in [1.165, 1.54) is 18.2 Å². The van der Waals surface area contributed by atoms with Crippen molar-refractivity contribution in [3.05, 3.63) is 48.0 Å². The molecular weight excluding hydrogens is 350 g/mol. The summed E-state index contributed by atoms with van der Waals surface area (Å²) >= 11 is 0. The highest BCUT2D eigenvalue weighted by molar-refractivity contribution is 5.82. The molecule has 2 aromatic heterocycles. The van der Waals surface area contributed by atoms with Gasteiger partial charge in [-0.25, -0.2) is 15.0 Å². The van der Waals surface area contributed by atoms with Crippen LogP contribution in [0.1, 0.15) is 17.4 Å². The Balaban J connectivity index is 1.60. The topological polar surface area (TPSA) is 126 Å². The van der Waals surface area contributed by atoms with E-state index in [1.807, 2.05) is 25.1 Å². The summed E-state index contributed by atoms with van der Waals surface area (Å²) in [5, 5.41) is 32.7. The van der Waals surface area contributed by atoms with E-state index >= 15 is 0 Å². The first-order valence-electron chi connectivity index (χ1n) is 8.68. The number of nitrogens with zero attached hydrogens (tertiary/aromatic N) is 4. The number of ether oxygens (including phenoxy) is 1. The lowest BCUT2D eigenvalue weighted by molar-refractivity contribution is -0.0511. The summed E-state index contributed by atoms with van der Waals surface area (Å²) in [6.07, 6.45) is -1.24. The second kappa shape index (κ2) is 7.20. The van der Waals surface area contributed by atoms with E-state index in [0.717, 1.165) is 5.56 Å². The van der Waals surface area contributed by atoms with Gasteiger partial charge in [0.25, 0.3) is 0 Å². The Hall–Kier alpha value is -2.59. The van der Waals surface area contributed by atoms with Crippen LogP contribution < -0.4 is 5.32 Å². The van der Waals surface area contributed by atoms with Crippen LogP contribution in [0.25, 0.3) is 11.2 Å². The van der Waals surface area contributed by atoms with Crippen molar-refractivity contribution in [3.8, 4) is 0 Å². The first kappa shape index (κ1) is 17.8. The molecule has 1 aliphatic rings. The fourth-order valence-electron chi connectivity index (χ4n) is 3.29. The maximum Gasteiger partial charge on any atom is 0.167 e. The molecule has 1 aromatic carbocycles. The molecule has 1 aliphatic heterocycles. The zero-order valence-electron chi connectivity index (χ0n) is 14.7. The van der Waals surface area contributed by atoms with Gasteiger partial charge >= 0.3 is 0 Å². The molecule has 1 saturated heterocycles. The van der Waals surface area contributed by atoms with Crippen molar-refractivity contribution >= 4 is 17.0 Å². The molecule has 27 heavy (non-hydrogen) atoms. The summed E-state index contributed by atoms with van der Waals surface area (Å²) in [7, 11) is 0. The number of aromatic nitrogens is 4. The van der Waals surface area contributed by atoms with Gasteiger partial charge < -0.3 is 25.4 Å². The quantitative estimate of drug-likeness (QED) is 0.507. The van der Waals surface area contributed by atoms with Gasteiger partial charge in [0.2, 0.25) is 0 Å². The Kier molecular flexibility index (Phi) is 4.75. The van der Waals surface area contributed by atoms with Crippen LogP contribution in [0.4, 0.5) is 5.82 Å².